The predicted octanol–water partition coefficient (Wildman–Crippen LogP) is 7.62. The fourth-order valence-corrected chi connectivity index (χ4v) is 10.2. The number of hydrogen-bond acceptors (Lipinski definition) is 10. The van der Waals surface area contributed by atoms with Gasteiger partial charge in [0, 0.05) is 97.6 Å². The SMILES string of the molecule is O=C1Cc2cc(CCN3CCN(c4nsc5ccccc45)CC3)c(Cl)cc2N1.O=C1Cc2cc(CCN3CCN(c4nsc5ccccc45)CC3)c(Cl)cc2N1. The van der Waals surface area contributed by atoms with Gasteiger partial charge >= 0.3 is 0 Å². The van der Waals surface area contributed by atoms with Crippen LogP contribution in [0.1, 0.15) is 22.3 Å². The number of rotatable bonds is 8. The smallest absolute Gasteiger partial charge is 0.228 e. The Bertz CT molecular complexity index is 2250. The topological polar surface area (TPSA) is 96.9 Å². The highest BCUT2D eigenvalue weighted by molar-refractivity contribution is 7.14. The van der Waals surface area contributed by atoms with Crippen LogP contribution in [-0.4, -0.2) is 95.8 Å². The molecular weight excluding hydrogens is 784 g/mol. The molecule has 6 aromatic rings. The standard InChI is InChI=1S/2C21H21ClN4OS/c2*22-17-13-18-15(12-20(27)23-18)11-14(17)5-6-25-7-9-26(10-8-25)21-16-3-1-2-4-19(16)28-24-21/h2*1-4,11,13H,5-10,12H2,(H,23,27). The summed E-state index contributed by atoms with van der Waals surface area (Å²) in [5.74, 6) is 2.35. The molecule has 2 saturated heterocycles. The molecule has 10 rings (SSSR count). The first-order valence-electron chi connectivity index (χ1n) is 19.2. The maximum Gasteiger partial charge on any atom is 0.228 e. The first kappa shape index (κ1) is 37.3. The molecule has 4 aliphatic heterocycles. The van der Waals surface area contributed by atoms with Gasteiger partial charge in [0.05, 0.1) is 22.2 Å². The zero-order chi connectivity index (χ0) is 38.2. The van der Waals surface area contributed by atoms with Gasteiger partial charge in [-0.2, -0.15) is 8.75 Å². The fraction of sp³-hybridized carbons (Fsp3) is 0.333. The van der Waals surface area contributed by atoms with Gasteiger partial charge in [0.15, 0.2) is 0 Å². The van der Waals surface area contributed by atoms with E-state index in [9.17, 15) is 9.59 Å². The van der Waals surface area contributed by atoms with Crippen molar-refractivity contribution in [3.05, 3.63) is 105 Å². The number of halogens is 2. The lowest BCUT2D eigenvalue weighted by atomic mass is 10.1. The van der Waals surface area contributed by atoms with Crippen LogP contribution in [0.4, 0.5) is 23.0 Å². The van der Waals surface area contributed by atoms with Gasteiger partial charge in [-0.05, 0) is 94.6 Å². The number of aromatic nitrogens is 2. The van der Waals surface area contributed by atoms with E-state index in [1.54, 1.807) is 23.1 Å². The molecule has 2 aromatic heterocycles. The number of hydrogen-bond donors (Lipinski definition) is 2. The zero-order valence-corrected chi connectivity index (χ0v) is 34.0. The first-order valence-corrected chi connectivity index (χ1v) is 21.5. The molecule has 2 fully saturated rings. The number of fused-ring (bicyclic) bond motifs is 4. The van der Waals surface area contributed by atoms with E-state index in [0.29, 0.717) is 12.8 Å². The van der Waals surface area contributed by atoms with E-state index >= 15 is 0 Å². The molecule has 4 aliphatic rings. The van der Waals surface area contributed by atoms with Crippen molar-refractivity contribution in [3.63, 3.8) is 0 Å². The van der Waals surface area contributed by atoms with Crippen LogP contribution in [0.2, 0.25) is 10.0 Å². The Morgan fingerprint density at radius 1 is 0.571 bits per heavy atom. The van der Waals surface area contributed by atoms with Crippen molar-refractivity contribution < 1.29 is 9.59 Å². The second-order valence-electron chi connectivity index (χ2n) is 14.8. The molecule has 288 valence electrons. The summed E-state index contributed by atoms with van der Waals surface area (Å²) in [6.45, 7) is 10.0. The maximum absolute atomic E-state index is 11.6. The molecule has 0 spiro atoms. The van der Waals surface area contributed by atoms with Crippen molar-refractivity contribution in [1.29, 1.82) is 0 Å². The Morgan fingerprint density at radius 3 is 1.41 bits per heavy atom. The Labute approximate surface area is 344 Å². The van der Waals surface area contributed by atoms with Crippen molar-refractivity contribution in [3.8, 4) is 0 Å². The number of nitrogens with one attached hydrogen (secondary N) is 2. The maximum atomic E-state index is 11.6. The van der Waals surface area contributed by atoms with E-state index in [1.807, 2.05) is 12.1 Å². The summed E-state index contributed by atoms with van der Waals surface area (Å²) in [6, 6.07) is 24.9. The largest absolute Gasteiger partial charge is 0.353 e. The van der Waals surface area contributed by atoms with E-state index in [4.69, 9.17) is 23.2 Å². The van der Waals surface area contributed by atoms with Crippen LogP contribution in [0, 0.1) is 0 Å². The summed E-state index contributed by atoms with van der Waals surface area (Å²) in [5.41, 5.74) is 6.11. The highest BCUT2D eigenvalue weighted by Crippen LogP contribution is 2.34. The minimum Gasteiger partial charge on any atom is -0.353 e. The summed E-state index contributed by atoms with van der Waals surface area (Å²) in [6.07, 6.45) is 2.72. The Kier molecular flexibility index (Phi) is 10.8. The van der Waals surface area contributed by atoms with Gasteiger partial charge < -0.3 is 20.4 Å². The number of nitrogens with zero attached hydrogens (tertiary/aromatic N) is 6. The van der Waals surface area contributed by atoms with Crippen LogP contribution in [-0.2, 0) is 35.3 Å². The summed E-state index contributed by atoms with van der Waals surface area (Å²) in [4.78, 5) is 32.9. The van der Waals surface area contributed by atoms with Gasteiger partial charge in [0.25, 0.3) is 0 Å². The van der Waals surface area contributed by atoms with E-state index in [0.717, 1.165) is 134 Å². The summed E-state index contributed by atoms with van der Waals surface area (Å²) in [7, 11) is 0. The van der Waals surface area contributed by atoms with Gasteiger partial charge in [0.1, 0.15) is 11.6 Å². The first-order chi connectivity index (χ1) is 27.3. The van der Waals surface area contributed by atoms with Gasteiger partial charge in [-0.1, -0.05) is 59.6 Å². The molecule has 14 heteroatoms. The van der Waals surface area contributed by atoms with Gasteiger partial charge in [-0.25, -0.2) is 0 Å². The molecule has 0 saturated carbocycles. The zero-order valence-electron chi connectivity index (χ0n) is 30.9. The van der Waals surface area contributed by atoms with E-state index in [1.165, 1.54) is 20.2 Å². The van der Waals surface area contributed by atoms with Crippen molar-refractivity contribution in [2.45, 2.75) is 25.7 Å². The normalized spacial score (nSPS) is 17.2. The van der Waals surface area contributed by atoms with Crippen molar-refractivity contribution >= 4 is 101 Å². The molecule has 2 amide bonds. The lowest BCUT2D eigenvalue weighted by Gasteiger charge is -2.35. The second-order valence-corrected chi connectivity index (χ2v) is 17.2. The van der Waals surface area contributed by atoms with E-state index < -0.39 is 0 Å². The third-order valence-corrected chi connectivity index (χ3v) is 13.6. The lowest BCUT2D eigenvalue weighted by Crippen LogP contribution is -2.47. The second kappa shape index (κ2) is 16.3. The summed E-state index contributed by atoms with van der Waals surface area (Å²) in [5, 5.41) is 9.72. The van der Waals surface area contributed by atoms with Crippen molar-refractivity contribution in [2.75, 3.05) is 85.9 Å². The van der Waals surface area contributed by atoms with Crippen LogP contribution in [0.25, 0.3) is 20.2 Å². The average molecular weight is 826 g/mol. The molecule has 4 aromatic carbocycles. The number of carbonyl (C=O) groups excluding carboxylic acids is 2. The molecule has 56 heavy (non-hydrogen) atoms. The number of amides is 2. The van der Waals surface area contributed by atoms with Crippen LogP contribution >= 0.6 is 46.3 Å². The van der Waals surface area contributed by atoms with Gasteiger partial charge in [0.2, 0.25) is 11.8 Å². The lowest BCUT2D eigenvalue weighted by molar-refractivity contribution is -0.115. The summed E-state index contributed by atoms with van der Waals surface area (Å²) < 4.78 is 11.9. The summed E-state index contributed by atoms with van der Waals surface area (Å²) >= 11 is 16.0. The molecule has 0 radical (unpaired) electrons. The number of benzene rings is 4. The Balaban J connectivity index is 0.000000146. The van der Waals surface area contributed by atoms with Crippen molar-refractivity contribution in [1.82, 2.24) is 18.5 Å². The van der Waals surface area contributed by atoms with Gasteiger partial charge in [-0.3, -0.25) is 19.4 Å². The van der Waals surface area contributed by atoms with E-state index in [-0.39, 0.29) is 11.8 Å². The Morgan fingerprint density at radius 2 is 0.982 bits per heavy atom. The fourth-order valence-electron chi connectivity index (χ4n) is 8.11. The quantitative estimate of drug-likeness (QED) is 0.162. The van der Waals surface area contributed by atoms with Gasteiger partial charge in [-0.15, -0.1) is 0 Å². The molecular formula is C42H42Cl2N8O2S2. The number of piperazine rings is 2. The minimum atomic E-state index is 0.0499. The third kappa shape index (κ3) is 7.96. The van der Waals surface area contributed by atoms with Crippen LogP contribution in [0.5, 0.6) is 0 Å². The predicted molar refractivity (Wildman–Crippen MR) is 232 cm³/mol. The molecule has 6 heterocycles. The highest BCUT2D eigenvalue weighted by atomic mass is 35.5. The highest BCUT2D eigenvalue weighted by Gasteiger charge is 2.25. The molecule has 10 nitrogen and oxygen atoms in total. The number of carbonyl (C=O) groups is 2. The molecule has 0 aliphatic carbocycles. The third-order valence-electron chi connectivity index (χ3n) is 11.2. The van der Waals surface area contributed by atoms with Crippen molar-refractivity contribution in [2.24, 2.45) is 0 Å². The van der Waals surface area contributed by atoms with E-state index in [2.05, 4.69) is 99.6 Å². The average Bonchev–Trinajstić information content (AvgIpc) is 4.01. The molecule has 0 unspecified atom stereocenters. The van der Waals surface area contributed by atoms with Crippen LogP contribution in [0.15, 0.2) is 72.8 Å². The number of anilines is 4. The minimum absolute atomic E-state index is 0.0499. The Hall–Kier alpha value is -4.30. The molecule has 0 bridgehead atoms. The monoisotopic (exact) mass is 824 g/mol. The molecule has 0 atom stereocenters. The molecule has 2 N–H and O–H groups in total. The van der Waals surface area contributed by atoms with Crippen LogP contribution in [0.3, 0.4) is 0 Å². The van der Waals surface area contributed by atoms with Crippen LogP contribution < -0.4 is 20.4 Å².